The number of amides is 5. The summed E-state index contributed by atoms with van der Waals surface area (Å²) in [5, 5.41) is 9.51. The van der Waals surface area contributed by atoms with Crippen LogP contribution in [0.2, 0.25) is 0 Å². The standard InChI is InChI=1S/C27H27N5O6S/c1-15(17-7-5-4-6-8-17)23(24(35)31-26-29-20(14-39-26)16(2)33)32-25(36)22(30-27(32)37)18-9-11-19(12-10-18)38-13-21(34)28-3/h4-12,14-15,22-23H,13H2,1-3H3,(H,28,34)(H,30,37)(H,29,31,35)/t15-,22+,23-/m0/s1. The van der Waals surface area contributed by atoms with Crippen LogP contribution < -0.4 is 20.7 Å². The van der Waals surface area contributed by atoms with E-state index in [9.17, 15) is 24.0 Å². The van der Waals surface area contributed by atoms with Gasteiger partial charge in [-0.15, -0.1) is 11.3 Å². The number of nitrogens with zero attached hydrogens (tertiary/aromatic N) is 2. The number of carbonyl (C=O) groups excluding carboxylic acids is 5. The first-order valence-corrected chi connectivity index (χ1v) is 13.0. The number of imide groups is 1. The molecular weight excluding hydrogens is 522 g/mol. The number of thiazole rings is 1. The van der Waals surface area contributed by atoms with E-state index in [4.69, 9.17) is 4.74 Å². The number of aromatic nitrogens is 1. The Morgan fingerprint density at radius 3 is 2.41 bits per heavy atom. The minimum atomic E-state index is -1.20. The van der Waals surface area contributed by atoms with Gasteiger partial charge in [-0.1, -0.05) is 49.4 Å². The Kier molecular flexibility index (Phi) is 8.35. The van der Waals surface area contributed by atoms with Gasteiger partial charge in [-0.3, -0.25) is 19.2 Å². The molecule has 1 aliphatic heterocycles. The maximum absolute atomic E-state index is 13.6. The van der Waals surface area contributed by atoms with Crippen LogP contribution in [0, 0.1) is 0 Å². The molecule has 2 heterocycles. The molecule has 12 heteroatoms. The molecule has 0 spiro atoms. The van der Waals surface area contributed by atoms with E-state index in [0.717, 1.165) is 21.8 Å². The van der Waals surface area contributed by atoms with E-state index in [1.807, 2.05) is 30.3 Å². The van der Waals surface area contributed by atoms with Crippen LogP contribution in [0.5, 0.6) is 5.75 Å². The fourth-order valence-electron chi connectivity index (χ4n) is 4.14. The van der Waals surface area contributed by atoms with Crippen molar-refractivity contribution in [3.8, 4) is 5.75 Å². The highest BCUT2D eigenvalue weighted by Crippen LogP contribution is 2.32. The number of carbonyl (C=O) groups is 5. The van der Waals surface area contributed by atoms with Crippen molar-refractivity contribution in [2.75, 3.05) is 19.0 Å². The van der Waals surface area contributed by atoms with E-state index in [2.05, 4.69) is 20.9 Å². The molecule has 3 N–H and O–H groups in total. The van der Waals surface area contributed by atoms with E-state index in [-0.39, 0.29) is 29.1 Å². The molecule has 1 fully saturated rings. The van der Waals surface area contributed by atoms with Crippen LogP contribution >= 0.6 is 11.3 Å². The van der Waals surface area contributed by atoms with Gasteiger partial charge in [0.05, 0.1) is 0 Å². The summed E-state index contributed by atoms with van der Waals surface area (Å²) in [5.74, 6) is -1.89. The highest BCUT2D eigenvalue weighted by Gasteiger charge is 2.47. The van der Waals surface area contributed by atoms with Crippen molar-refractivity contribution in [3.05, 3.63) is 76.8 Å². The Balaban J connectivity index is 1.59. The largest absolute Gasteiger partial charge is 0.484 e. The minimum absolute atomic E-state index is 0.163. The van der Waals surface area contributed by atoms with Gasteiger partial charge in [0, 0.05) is 25.3 Å². The van der Waals surface area contributed by atoms with E-state index in [0.29, 0.717) is 11.3 Å². The lowest BCUT2D eigenvalue weighted by Gasteiger charge is -2.29. The molecule has 3 atom stereocenters. The van der Waals surface area contributed by atoms with Crippen molar-refractivity contribution < 1.29 is 28.7 Å². The van der Waals surface area contributed by atoms with Crippen LogP contribution in [0.25, 0.3) is 0 Å². The molecule has 0 aliphatic carbocycles. The quantitative estimate of drug-likeness (QED) is 0.260. The molecule has 1 aliphatic rings. The van der Waals surface area contributed by atoms with Gasteiger partial charge in [0.2, 0.25) is 5.91 Å². The number of anilines is 1. The van der Waals surface area contributed by atoms with E-state index in [1.165, 1.54) is 19.4 Å². The molecule has 202 valence electrons. The van der Waals surface area contributed by atoms with Gasteiger partial charge in [-0.2, -0.15) is 0 Å². The maximum atomic E-state index is 13.6. The Bertz CT molecular complexity index is 1390. The highest BCUT2D eigenvalue weighted by atomic mass is 32.1. The molecule has 0 bridgehead atoms. The summed E-state index contributed by atoms with van der Waals surface area (Å²) in [4.78, 5) is 68.5. The molecule has 1 aromatic heterocycles. The summed E-state index contributed by atoms with van der Waals surface area (Å²) in [7, 11) is 1.50. The number of ether oxygens (including phenoxy) is 1. The molecule has 11 nitrogen and oxygen atoms in total. The van der Waals surface area contributed by atoms with Crippen molar-refractivity contribution >= 4 is 46.0 Å². The topological polar surface area (TPSA) is 147 Å². The average Bonchev–Trinajstić information content (AvgIpc) is 3.52. The summed E-state index contributed by atoms with van der Waals surface area (Å²) >= 11 is 1.08. The zero-order valence-electron chi connectivity index (χ0n) is 21.5. The molecule has 5 amide bonds. The van der Waals surface area contributed by atoms with Gasteiger partial charge >= 0.3 is 6.03 Å². The van der Waals surface area contributed by atoms with Crippen molar-refractivity contribution in [1.82, 2.24) is 20.5 Å². The first-order valence-electron chi connectivity index (χ1n) is 12.1. The Hall–Kier alpha value is -4.58. The smallest absolute Gasteiger partial charge is 0.325 e. The number of nitrogens with one attached hydrogen (secondary N) is 3. The second-order valence-corrected chi connectivity index (χ2v) is 9.71. The van der Waals surface area contributed by atoms with E-state index >= 15 is 0 Å². The van der Waals surface area contributed by atoms with Crippen molar-refractivity contribution in [1.29, 1.82) is 0 Å². The molecule has 0 unspecified atom stereocenters. The first-order chi connectivity index (χ1) is 18.7. The number of benzene rings is 2. The summed E-state index contributed by atoms with van der Waals surface area (Å²) in [5.41, 5.74) is 1.45. The van der Waals surface area contributed by atoms with Gasteiger partial charge in [-0.25, -0.2) is 14.7 Å². The number of urea groups is 1. The van der Waals surface area contributed by atoms with Crippen LogP contribution in [-0.2, 0) is 14.4 Å². The van der Waals surface area contributed by atoms with Crippen molar-refractivity contribution in [2.24, 2.45) is 0 Å². The van der Waals surface area contributed by atoms with Gasteiger partial charge in [-0.05, 0) is 23.3 Å². The summed E-state index contributed by atoms with van der Waals surface area (Å²) in [6, 6.07) is 12.5. The highest BCUT2D eigenvalue weighted by molar-refractivity contribution is 7.14. The average molecular weight is 550 g/mol. The van der Waals surface area contributed by atoms with Gasteiger partial charge in [0.15, 0.2) is 17.5 Å². The molecule has 0 saturated carbocycles. The predicted octanol–water partition coefficient (Wildman–Crippen LogP) is 2.87. The lowest BCUT2D eigenvalue weighted by atomic mass is 9.91. The number of hydrogen-bond acceptors (Lipinski definition) is 8. The van der Waals surface area contributed by atoms with Crippen LogP contribution in [0.15, 0.2) is 60.0 Å². The van der Waals surface area contributed by atoms with Crippen LogP contribution in [0.4, 0.5) is 9.93 Å². The van der Waals surface area contributed by atoms with Crippen LogP contribution in [-0.4, -0.2) is 59.1 Å². The third kappa shape index (κ3) is 6.12. The minimum Gasteiger partial charge on any atom is -0.484 e. The van der Waals surface area contributed by atoms with E-state index < -0.39 is 35.8 Å². The Morgan fingerprint density at radius 1 is 1.10 bits per heavy atom. The molecule has 0 radical (unpaired) electrons. The zero-order chi connectivity index (χ0) is 28.1. The van der Waals surface area contributed by atoms with Crippen LogP contribution in [0.1, 0.15) is 47.4 Å². The van der Waals surface area contributed by atoms with Gasteiger partial charge < -0.3 is 20.7 Å². The lowest BCUT2D eigenvalue weighted by molar-refractivity contribution is -0.134. The zero-order valence-corrected chi connectivity index (χ0v) is 22.3. The summed E-state index contributed by atoms with van der Waals surface area (Å²) < 4.78 is 5.39. The molecular formula is C27H27N5O6S. The number of likely N-dealkylation sites (N-methyl/N-ethyl adjacent to an activating group) is 1. The fraction of sp³-hybridized carbons (Fsp3) is 0.259. The molecule has 1 saturated heterocycles. The normalized spacial score (nSPS) is 16.3. The summed E-state index contributed by atoms with van der Waals surface area (Å²) in [6.07, 6.45) is 0. The Labute approximate surface area is 228 Å². The fourth-order valence-corrected chi connectivity index (χ4v) is 4.89. The third-order valence-corrected chi connectivity index (χ3v) is 7.03. The second kappa shape index (κ2) is 11.9. The Morgan fingerprint density at radius 2 is 1.79 bits per heavy atom. The van der Waals surface area contributed by atoms with Crippen molar-refractivity contribution in [3.63, 3.8) is 0 Å². The molecule has 2 aromatic carbocycles. The molecule has 3 aromatic rings. The third-order valence-electron chi connectivity index (χ3n) is 6.27. The van der Waals surface area contributed by atoms with Crippen molar-refractivity contribution in [2.45, 2.75) is 31.8 Å². The number of ketones is 1. The number of hydrogen-bond donors (Lipinski definition) is 3. The van der Waals surface area contributed by atoms with Crippen LogP contribution in [0.3, 0.4) is 0 Å². The lowest BCUT2D eigenvalue weighted by Crippen LogP contribution is -2.50. The monoisotopic (exact) mass is 549 g/mol. The number of rotatable bonds is 10. The maximum Gasteiger partial charge on any atom is 0.325 e. The summed E-state index contributed by atoms with van der Waals surface area (Å²) in [6.45, 7) is 2.97. The SMILES string of the molecule is CNC(=O)COc1ccc([C@H]2NC(=O)N([C@H](C(=O)Nc3nc(C(C)=O)cs3)[C@@H](C)c3ccccc3)C2=O)cc1. The molecule has 39 heavy (non-hydrogen) atoms. The van der Waals surface area contributed by atoms with Gasteiger partial charge in [0.25, 0.3) is 11.8 Å². The predicted molar refractivity (Wildman–Crippen MR) is 144 cm³/mol. The van der Waals surface area contributed by atoms with E-state index in [1.54, 1.807) is 31.2 Å². The molecule has 4 rings (SSSR count). The second-order valence-electron chi connectivity index (χ2n) is 8.85. The van der Waals surface area contributed by atoms with Gasteiger partial charge in [0.1, 0.15) is 23.5 Å². The number of Topliss-reactive ketones (excluding diaryl/α,β-unsaturated/α-hetero) is 1. The first kappa shape index (κ1) is 27.5.